The maximum absolute atomic E-state index is 3.77. The van der Waals surface area contributed by atoms with Crippen molar-refractivity contribution < 1.29 is 0 Å². The van der Waals surface area contributed by atoms with Crippen molar-refractivity contribution in [3.8, 4) is 0 Å². The first-order chi connectivity index (χ1) is 10.2. The van der Waals surface area contributed by atoms with Crippen LogP contribution >= 0.6 is 0 Å². The van der Waals surface area contributed by atoms with Crippen molar-refractivity contribution in [1.29, 1.82) is 0 Å². The SMILES string of the molecule is CCCNC(c1ccccc1)C(C)N1CCCC(C)CC1. The summed E-state index contributed by atoms with van der Waals surface area (Å²) >= 11 is 0. The first-order valence-electron chi connectivity index (χ1n) is 8.74. The van der Waals surface area contributed by atoms with Gasteiger partial charge in [0.2, 0.25) is 0 Å². The maximum Gasteiger partial charge on any atom is 0.0475 e. The number of likely N-dealkylation sites (tertiary alicyclic amines) is 1. The molecule has 118 valence electrons. The quantitative estimate of drug-likeness (QED) is 0.842. The minimum absolute atomic E-state index is 0.444. The summed E-state index contributed by atoms with van der Waals surface area (Å²) in [6, 6.07) is 12.0. The second-order valence-corrected chi connectivity index (χ2v) is 6.66. The van der Waals surface area contributed by atoms with Crippen LogP contribution in [-0.2, 0) is 0 Å². The smallest absolute Gasteiger partial charge is 0.0475 e. The standard InChI is InChI=1S/C19H32N2/c1-4-13-20-19(18-10-6-5-7-11-18)17(3)21-14-8-9-16(2)12-15-21/h5-7,10-11,16-17,19-20H,4,8-9,12-15H2,1-3H3. The Labute approximate surface area is 130 Å². The lowest BCUT2D eigenvalue weighted by atomic mass is 9.98. The van der Waals surface area contributed by atoms with Crippen molar-refractivity contribution in [3.05, 3.63) is 35.9 Å². The average Bonchev–Trinajstić information content (AvgIpc) is 2.73. The van der Waals surface area contributed by atoms with Gasteiger partial charge in [-0.3, -0.25) is 4.90 Å². The third-order valence-electron chi connectivity index (χ3n) is 4.88. The highest BCUT2D eigenvalue weighted by Crippen LogP contribution is 2.25. The number of nitrogens with one attached hydrogen (secondary N) is 1. The molecule has 2 heteroatoms. The Morgan fingerprint density at radius 1 is 1.19 bits per heavy atom. The van der Waals surface area contributed by atoms with Crippen molar-refractivity contribution >= 4 is 0 Å². The number of hydrogen-bond donors (Lipinski definition) is 1. The van der Waals surface area contributed by atoms with E-state index < -0.39 is 0 Å². The monoisotopic (exact) mass is 288 g/mol. The number of benzene rings is 1. The first-order valence-corrected chi connectivity index (χ1v) is 8.74. The summed E-state index contributed by atoms with van der Waals surface area (Å²) in [5.41, 5.74) is 1.43. The molecule has 1 aromatic carbocycles. The summed E-state index contributed by atoms with van der Waals surface area (Å²) in [6.45, 7) is 10.6. The molecule has 2 rings (SSSR count). The molecule has 0 aliphatic carbocycles. The fourth-order valence-electron chi connectivity index (χ4n) is 3.43. The Bertz CT molecular complexity index is 390. The molecular formula is C19H32N2. The van der Waals surface area contributed by atoms with Gasteiger partial charge in [-0.25, -0.2) is 0 Å². The second kappa shape index (κ2) is 8.55. The molecule has 0 amide bonds. The molecule has 1 aromatic rings. The second-order valence-electron chi connectivity index (χ2n) is 6.66. The highest BCUT2D eigenvalue weighted by atomic mass is 15.2. The minimum Gasteiger partial charge on any atom is -0.309 e. The van der Waals surface area contributed by atoms with Crippen LogP contribution in [0.4, 0.5) is 0 Å². The van der Waals surface area contributed by atoms with Gasteiger partial charge in [-0.2, -0.15) is 0 Å². The van der Waals surface area contributed by atoms with Crippen LogP contribution in [-0.4, -0.2) is 30.6 Å². The molecule has 0 bridgehead atoms. The van der Waals surface area contributed by atoms with Gasteiger partial charge in [0.05, 0.1) is 0 Å². The van der Waals surface area contributed by atoms with E-state index in [1.807, 2.05) is 0 Å². The lowest BCUT2D eigenvalue weighted by Crippen LogP contribution is -2.43. The van der Waals surface area contributed by atoms with Crippen molar-refractivity contribution in [1.82, 2.24) is 10.2 Å². The summed E-state index contributed by atoms with van der Waals surface area (Å²) in [5, 5.41) is 3.77. The predicted octanol–water partition coefficient (Wildman–Crippen LogP) is 4.24. The third kappa shape index (κ3) is 4.82. The lowest BCUT2D eigenvalue weighted by Gasteiger charge is -2.35. The van der Waals surface area contributed by atoms with Crippen LogP contribution in [0.1, 0.15) is 58.1 Å². The van der Waals surface area contributed by atoms with E-state index in [-0.39, 0.29) is 0 Å². The van der Waals surface area contributed by atoms with Crippen LogP contribution in [0.2, 0.25) is 0 Å². The van der Waals surface area contributed by atoms with Gasteiger partial charge in [0.15, 0.2) is 0 Å². The zero-order valence-electron chi connectivity index (χ0n) is 14.0. The summed E-state index contributed by atoms with van der Waals surface area (Å²) in [7, 11) is 0. The Kier molecular flexibility index (Phi) is 6.72. The summed E-state index contributed by atoms with van der Waals surface area (Å²) in [5.74, 6) is 0.890. The molecule has 1 N–H and O–H groups in total. The molecule has 0 aromatic heterocycles. The van der Waals surface area contributed by atoms with E-state index in [1.54, 1.807) is 0 Å². The molecule has 1 aliphatic rings. The molecule has 3 atom stereocenters. The molecule has 0 saturated carbocycles. The zero-order chi connectivity index (χ0) is 15.1. The van der Waals surface area contributed by atoms with Crippen molar-refractivity contribution in [3.63, 3.8) is 0 Å². The molecule has 0 radical (unpaired) electrons. The number of rotatable bonds is 6. The molecule has 1 aliphatic heterocycles. The number of hydrogen-bond acceptors (Lipinski definition) is 2. The highest BCUT2D eigenvalue weighted by molar-refractivity contribution is 5.20. The average molecular weight is 288 g/mol. The van der Waals surface area contributed by atoms with Crippen molar-refractivity contribution in [2.45, 2.75) is 58.5 Å². The molecule has 0 spiro atoms. The van der Waals surface area contributed by atoms with Crippen LogP contribution in [0.25, 0.3) is 0 Å². The fraction of sp³-hybridized carbons (Fsp3) is 0.684. The molecule has 1 saturated heterocycles. The van der Waals surface area contributed by atoms with Crippen molar-refractivity contribution in [2.24, 2.45) is 5.92 Å². The van der Waals surface area contributed by atoms with Crippen LogP contribution in [0.5, 0.6) is 0 Å². The van der Waals surface area contributed by atoms with Gasteiger partial charge in [0.1, 0.15) is 0 Å². The Hall–Kier alpha value is -0.860. The van der Waals surface area contributed by atoms with E-state index in [4.69, 9.17) is 0 Å². The highest BCUT2D eigenvalue weighted by Gasteiger charge is 2.25. The number of nitrogens with zero attached hydrogens (tertiary/aromatic N) is 1. The molecule has 3 unspecified atom stereocenters. The van der Waals surface area contributed by atoms with Gasteiger partial charge in [-0.1, -0.05) is 44.2 Å². The van der Waals surface area contributed by atoms with Gasteiger partial charge >= 0.3 is 0 Å². The van der Waals surface area contributed by atoms with E-state index in [0.717, 1.165) is 12.5 Å². The predicted molar refractivity (Wildman–Crippen MR) is 91.5 cm³/mol. The van der Waals surface area contributed by atoms with Gasteiger partial charge in [0.25, 0.3) is 0 Å². The molecule has 1 heterocycles. The van der Waals surface area contributed by atoms with Gasteiger partial charge in [-0.15, -0.1) is 0 Å². The van der Waals surface area contributed by atoms with Gasteiger partial charge in [-0.05, 0) is 63.7 Å². The normalized spacial score (nSPS) is 23.5. The van der Waals surface area contributed by atoms with E-state index in [0.29, 0.717) is 12.1 Å². The molecular weight excluding hydrogens is 256 g/mol. The van der Waals surface area contributed by atoms with Crippen molar-refractivity contribution in [2.75, 3.05) is 19.6 Å². The van der Waals surface area contributed by atoms with E-state index in [2.05, 4.69) is 61.3 Å². The maximum atomic E-state index is 3.77. The van der Waals surface area contributed by atoms with Crippen LogP contribution in [0, 0.1) is 5.92 Å². The Morgan fingerprint density at radius 2 is 1.95 bits per heavy atom. The lowest BCUT2D eigenvalue weighted by molar-refractivity contribution is 0.173. The van der Waals surface area contributed by atoms with Crippen LogP contribution in [0.15, 0.2) is 30.3 Å². The Morgan fingerprint density at radius 3 is 2.67 bits per heavy atom. The van der Waals surface area contributed by atoms with Gasteiger partial charge < -0.3 is 5.32 Å². The molecule has 21 heavy (non-hydrogen) atoms. The fourth-order valence-corrected chi connectivity index (χ4v) is 3.43. The van der Waals surface area contributed by atoms with E-state index in [9.17, 15) is 0 Å². The van der Waals surface area contributed by atoms with E-state index in [1.165, 1.54) is 44.3 Å². The molecule has 1 fully saturated rings. The third-order valence-corrected chi connectivity index (χ3v) is 4.88. The first kappa shape index (κ1) is 16.5. The summed E-state index contributed by atoms with van der Waals surface area (Å²) in [4.78, 5) is 2.70. The summed E-state index contributed by atoms with van der Waals surface area (Å²) in [6.07, 6.45) is 5.27. The topological polar surface area (TPSA) is 15.3 Å². The van der Waals surface area contributed by atoms with E-state index >= 15 is 0 Å². The summed E-state index contributed by atoms with van der Waals surface area (Å²) < 4.78 is 0. The van der Waals surface area contributed by atoms with Gasteiger partial charge in [0, 0.05) is 12.1 Å². The Balaban J connectivity index is 2.08. The van der Waals surface area contributed by atoms with Crippen LogP contribution < -0.4 is 5.32 Å². The largest absolute Gasteiger partial charge is 0.309 e. The van der Waals surface area contributed by atoms with Crippen LogP contribution in [0.3, 0.4) is 0 Å². The molecule has 2 nitrogen and oxygen atoms in total. The minimum atomic E-state index is 0.444. The zero-order valence-corrected chi connectivity index (χ0v) is 14.0.